The summed E-state index contributed by atoms with van der Waals surface area (Å²) in [6, 6.07) is 5.90. The van der Waals surface area contributed by atoms with Gasteiger partial charge in [-0.05, 0) is 12.1 Å². The topological polar surface area (TPSA) is 87.3 Å². The summed E-state index contributed by atoms with van der Waals surface area (Å²) in [6.45, 7) is 1.56. The van der Waals surface area contributed by atoms with E-state index in [-0.39, 0.29) is 12.0 Å². The van der Waals surface area contributed by atoms with Crippen LogP contribution in [0.25, 0.3) is 11.3 Å². The van der Waals surface area contributed by atoms with E-state index in [1.165, 1.54) is 23.2 Å². The zero-order valence-corrected chi connectivity index (χ0v) is 12.2. The van der Waals surface area contributed by atoms with Crippen LogP contribution in [0.2, 0.25) is 0 Å². The Morgan fingerprint density at radius 1 is 1.48 bits per heavy atom. The second-order valence-electron chi connectivity index (χ2n) is 5.03. The monoisotopic (exact) mass is 318 g/mol. The molecule has 0 aliphatic carbocycles. The van der Waals surface area contributed by atoms with E-state index in [1.807, 2.05) is 0 Å². The van der Waals surface area contributed by atoms with E-state index in [4.69, 9.17) is 4.74 Å². The van der Waals surface area contributed by atoms with Crippen molar-refractivity contribution in [2.24, 2.45) is 0 Å². The fourth-order valence-corrected chi connectivity index (χ4v) is 2.35. The number of H-pyrrole nitrogens is 1. The lowest BCUT2D eigenvalue weighted by Crippen LogP contribution is -2.35. The molecule has 7 nitrogen and oxygen atoms in total. The number of amides is 2. The SMILES string of the molecule is O=C(NCCN1CCOC1=O)c1cn[nH]c1-c1cccc(F)c1. The van der Waals surface area contributed by atoms with E-state index in [0.29, 0.717) is 43.1 Å². The Labute approximate surface area is 131 Å². The summed E-state index contributed by atoms with van der Waals surface area (Å²) < 4.78 is 18.1. The maximum Gasteiger partial charge on any atom is 0.409 e. The predicted octanol–water partition coefficient (Wildman–Crippen LogP) is 1.40. The van der Waals surface area contributed by atoms with Crippen LogP contribution < -0.4 is 5.32 Å². The number of halogens is 1. The number of hydrogen-bond donors (Lipinski definition) is 2. The van der Waals surface area contributed by atoms with Gasteiger partial charge in [-0.2, -0.15) is 5.10 Å². The highest BCUT2D eigenvalue weighted by Crippen LogP contribution is 2.21. The second-order valence-corrected chi connectivity index (χ2v) is 5.03. The predicted molar refractivity (Wildman–Crippen MR) is 79.2 cm³/mol. The molecule has 1 aromatic heterocycles. The van der Waals surface area contributed by atoms with Crippen molar-refractivity contribution < 1.29 is 18.7 Å². The Bertz CT molecular complexity index is 731. The number of hydrogen-bond acceptors (Lipinski definition) is 4. The molecule has 1 aliphatic heterocycles. The molecule has 3 rings (SSSR count). The number of carbonyl (C=O) groups excluding carboxylic acids is 2. The molecule has 120 valence electrons. The molecule has 1 saturated heterocycles. The van der Waals surface area contributed by atoms with Crippen molar-refractivity contribution in [3.05, 3.63) is 41.8 Å². The minimum atomic E-state index is -0.393. The largest absolute Gasteiger partial charge is 0.448 e. The second kappa shape index (κ2) is 6.47. The Morgan fingerprint density at radius 3 is 3.09 bits per heavy atom. The molecule has 1 fully saturated rings. The maximum atomic E-state index is 13.3. The average molecular weight is 318 g/mol. The number of aromatic nitrogens is 2. The van der Waals surface area contributed by atoms with E-state index in [0.717, 1.165) is 0 Å². The summed E-state index contributed by atoms with van der Waals surface area (Å²) in [5.41, 5.74) is 1.30. The van der Waals surface area contributed by atoms with Crippen LogP contribution in [-0.2, 0) is 4.74 Å². The summed E-state index contributed by atoms with van der Waals surface area (Å²) in [6.07, 6.45) is 1.02. The van der Waals surface area contributed by atoms with Crippen molar-refractivity contribution in [1.82, 2.24) is 20.4 Å². The van der Waals surface area contributed by atoms with Gasteiger partial charge < -0.3 is 15.0 Å². The van der Waals surface area contributed by atoms with Gasteiger partial charge in [0.2, 0.25) is 0 Å². The molecule has 0 unspecified atom stereocenters. The maximum absolute atomic E-state index is 13.3. The van der Waals surface area contributed by atoms with E-state index >= 15 is 0 Å². The van der Waals surface area contributed by atoms with E-state index in [2.05, 4.69) is 15.5 Å². The molecule has 23 heavy (non-hydrogen) atoms. The first kappa shape index (κ1) is 15.0. The van der Waals surface area contributed by atoms with Gasteiger partial charge in [0.15, 0.2) is 0 Å². The van der Waals surface area contributed by atoms with Crippen LogP contribution in [0.3, 0.4) is 0 Å². The highest BCUT2D eigenvalue weighted by atomic mass is 19.1. The molecule has 2 N–H and O–H groups in total. The van der Waals surface area contributed by atoms with Crippen LogP contribution in [-0.4, -0.2) is 53.3 Å². The number of nitrogens with zero attached hydrogens (tertiary/aromatic N) is 2. The van der Waals surface area contributed by atoms with Crippen LogP contribution in [0.1, 0.15) is 10.4 Å². The van der Waals surface area contributed by atoms with Crippen molar-refractivity contribution in [1.29, 1.82) is 0 Å². The Balaban J connectivity index is 1.64. The summed E-state index contributed by atoms with van der Waals surface area (Å²) in [5.74, 6) is -0.735. The molecule has 1 aromatic carbocycles. The fourth-order valence-electron chi connectivity index (χ4n) is 2.35. The molecule has 0 saturated carbocycles. The van der Waals surface area contributed by atoms with E-state index < -0.39 is 5.82 Å². The fraction of sp³-hybridized carbons (Fsp3) is 0.267. The van der Waals surface area contributed by atoms with Gasteiger partial charge in [0.25, 0.3) is 5.91 Å². The van der Waals surface area contributed by atoms with Gasteiger partial charge in [-0.3, -0.25) is 9.89 Å². The highest BCUT2D eigenvalue weighted by Gasteiger charge is 2.22. The third kappa shape index (κ3) is 3.31. The summed E-state index contributed by atoms with van der Waals surface area (Å²) in [4.78, 5) is 25.0. The van der Waals surface area contributed by atoms with Crippen LogP contribution >= 0.6 is 0 Å². The number of cyclic esters (lactones) is 1. The minimum absolute atomic E-state index is 0.293. The van der Waals surface area contributed by atoms with Gasteiger partial charge in [-0.25, -0.2) is 9.18 Å². The van der Waals surface area contributed by atoms with Crippen molar-refractivity contribution >= 4 is 12.0 Å². The van der Waals surface area contributed by atoms with Crippen LogP contribution in [0, 0.1) is 5.82 Å². The first-order chi connectivity index (χ1) is 11.1. The number of aromatic amines is 1. The zero-order valence-electron chi connectivity index (χ0n) is 12.2. The molecule has 1 aliphatic rings. The van der Waals surface area contributed by atoms with Gasteiger partial charge >= 0.3 is 6.09 Å². The van der Waals surface area contributed by atoms with Gasteiger partial charge in [0, 0.05) is 18.7 Å². The van der Waals surface area contributed by atoms with Gasteiger partial charge in [0.05, 0.1) is 24.0 Å². The lowest BCUT2D eigenvalue weighted by atomic mass is 10.1. The number of nitrogens with one attached hydrogen (secondary N) is 2. The molecule has 0 spiro atoms. The Morgan fingerprint density at radius 2 is 2.35 bits per heavy atom. The Hall–Kier alpha value is -2.90. The number of carbonyl (C=O) groups is 2. The quantitative estimate of drug-likeness (QED) is 0.872. The number of ether oxygens (including phenoxy) is 1. The highest BCUT2D eigenvalue weighted by molar-refractivity contribution is 5.99. The molecule has 0 radical (unpaired) electrons. The first-order valence-corrected chi connectivity index (χ1v) is 7.14. The van der Waals surface area contributed by atoms with E-state index in [9.17, 15) is 14.0 Å². The normalized spacial score (nSPS) is 14.0. The standard InChI is InChI=1S/C15H15FN4O3/c16-11-3-1-2-10(8-11)13-12(9-18-19-13)14(21)17-4-5-20-6-7-23-15(20)22/h1-3,8-9H,4-7H2,(H,17,21)(H,18,19). The molecule has 2 amide bonds. The van der Waals surface area contributed by atoms with Crippen molar-refractivity contribution in [3.8, 4) is 11.3 Å². The summed E-state index contributed by atoms with van der Waals surface area (Å²) in [5, 5.41) is 9.28. The molecule has 0 bridgehead atoms. The van der Waals surface area contributed by atoms with E-state index in [1.54, 1.807) is 12.1 Å². The van der Waals surface area contributed by atoms with Gasteiger partial charge in [-0.1, -0.05) is 12.1 Å². The van der Waals surface area contributed by atoms with Crippen molar-refractivity contribution in [2.45, 2.75) is 0 Å². The first-order valence-electron chi connectivity index (χ1n) is 7.14. The molecule has 2 aromatic rings. The van der Waals surface area contributed by atoms with Crippen LogP contribution in [0.15, 0.2) is 30.5 Å². The minimum Gasteiger partial charge on any atom is -0.448 e. The molecular formula is C15H15FN4O3. The summed E-state index contributed by atoms with van der Waals surface area (Å²) >= 11 is 0. The lowest BCUT2D eigenvalue weighted by molar-refractivity contribution is 0.0949. The smallest absolute Gasteiger partial charge is 0.409 e. The van der Waals surface area contributed by atoms with Crippen molar-refractivity contribution in [2.75, 3.05) is 26.2 Å². The third-order valence-electron chi connectivity index (χ3n) is 3.51. The number of rotatable bonds is 5. The van der Waals surface area contributed by atoms with Gasteiger partial charge in [-0.15, -0.1) is 0 Å². The summed E-state index contributed by atoms with van der Waals surface area (Å²) in [7, 11) is 0. The number of benzene rings is 1. The van der Waals surface area contributed by atoms with Crippen molar-refractivity contribution in [3.63, 3.8) is 0 Å². The third-order valence-corrected chi connectivity index (χ3v) is 3.51. The van der Waals surface area contributed by atoms with Crippen LogP contribution in [0.5, 0.6) is 0 Å². The molecule has 0 atom stereocenters. The average Bonchev–Trinajstić information content (AvgIpc) is 3.17. The zero-order chi connectivity index (χ0) is 16.2. The molecule has 2 heterocycles. The van der Waals surface area contributed by atoms with Crippen LogP contribution in [0.4, 0.5) is 9.18 Å². The Kier molecular flexibility index (Phi) is 4.22. The molecular weight excluding hydrogens is 303 g/mol. The lowest BCUT2D eigenvalue weighted by Gasteiger charge is -2.12. The molecule has 8 heteroatoms. The van der Waals surface area contributed by atoms with Gasteiger partial charge in [0.1, 0.15) is 12.4 Å².